The molecule has 2 aliphatic rings. The van der Waals surface area contributed by atoms with Crippen LogP contribution >= 0.6 is 21.6 Å². The van der Waals surface area contributed by atoms with Crippen molar-refractivity contribution in [1.82, 2.24) is 10.6 Å². The molecule has 0 aliphatic heterocycles. The maximum atomic E-state index is 9.02. The zero-order valence-electron chi connectivity index (χ0n) is 16.4. The van der Waals surface area contributed by atoms with Gasteiger partial charge in [0, 0.05) is 29.2 Å². The fraction of sp³-hybridized carbons (Fsp3) is 1.00. The number of aliphatic hydroxyl groups is 2. The molecule has 0 saturated heterocycles. The molecule has 6 heteroatoms. The molecule has 0 heterocycles. The Hall–Kier alpha value is 0.540. The molecule has 0 aromatic rings. The van der Waals surface area contributed by atoms with Gasteiger partial charge in [0.05, 0.1) is 6.61 Å². The summed E-state index contributed by atoms with van der Waals surface area (Å²) in [5.41, 5.74) is 0. The largest absolute Gasteiger partial charge is 0.396 e. The first-order chi connectivity index (χ1) is 12.7. The Morgan fingerprint density at radius 1 is 0.654 bits per heavy atom. The zero-order chi connectivity index (χ0) is 18.6. The van der Waals surface area contributed by atoms with Crippen LogP contribution < -0.4 is 10.6 Å². The quantitative estimate of drug-likeness (QED) is 0.277. The minimum atomic E-state index is 0.234. The molecule has 0 unspecified atom stereocenters. The van der Waals surface area contributed by atoms with Gasteiger partial charge < -0.3 is 20.8 Å². The van der Waals surface area contributed by atoms with Gasteiger partial charge in [-0.15, -0.1) is 0 Å². The SMILES string of the molecule is OCCCNCC1(SSC2(CCNCCO)CCCCC2)CCCCC1. The number of hydrogen-bond acceptors (Lipinski definition) is 6. The molecule has 2 saturated carbocycles. The van der Waals surface area contributed by atoms with Crippen LogP contribution in [0, 0.1) is 0 Å². The summed E-state index contributed by atoms with van der Waals surface area (Å²) in [4.78, 5) is 0. The van der Waals surface area contributed by atoms with Crippen molar-refractivity contribution in [3.05, 3.63) is 0 Å². The molecule has 0 bridgehead atoms. The van der Waals surface area contributed by atoms with E-state index in [1.165, 1.54) is 70.6 Å². The highest BCUT2D eigenvalue weighted by Gasteiger charge is 2.39. The lowest BCUT2D eigenvalue weighted by Crippen LogP contribution is -2.40. The molecule has 4 N–H and O–H groups in total. The highest BCUT2D eigenvalue weighted by Crippen LogP contribution is 2.55. The van der Waals surface area contributed by atoms with E-state index in [9.17, 15) is 0 Å². The fourth-order valence-electron chi connectivity index (χ4n) is 4.27. The zero-order valence-corrected chi connectivity index (χ0v) is 18.1. The Bertz CT molecular complexity index is 326. The van der Waals surface area contributed by atoms with Gasteiger partial charge in [-0.25, -0.2) is 0 Å². The standard InChI is InChI=1S/C20H40N2O2S2/c23-16-7-13-22-18-20(10-5-2-6-11-20)26-25-19(8-3-1-4-9-19)12-14-21-15-17-24/h21-24H,1-18H2. The first kappa shape index (κ1) is 22.8. The summed E-state index contributed by atoms with van der Waals surface area (Å²) < 4.78 is 0.794. The van der Waals surface area contributed by atoms with Crippen LogP contribution in [0.3, 0.4) is 0 Å². The van der Waals surface area contributed by atoms with Crippen molar-refractivity contribution >= 4 is 21.6 Å². The molecular formula is C20H40N2O2S2. The van der Waals surface area contributed by atoms with E-state index in [2.05, 4.69) is 32.2 Å². The minimum absolute atomic E-state index is 0.234. The first-order valence-corrected chi connectivity index (χ1v) is 12.9. The van der Waals surface area contributed by atoms with Gasteiger partial charge in [-0.2, -0.15) is 0 Å². The van der Waals surface area contributed by atoms with Crippen LogP contribution in [0.1, 0.15) is 77.0 Å². The molecule has 4 nitrogen and oxygen atoms in total. The summed E-state index contributed by atoms with van der Waals surface area (Å²) >= 11 is 0. The van der Waals surface area contributed by atoms with E-state index in [4.69, 9.17) is 10.2 Å². The second kappa shape index (κ2) is 12.9. The first-order valence-electron chi connectivity index (χ1n) is 10.7. The second-order valence-corrected chi connectivity index (χ2v) is 11.2. The van der Waals surface area contributed by atoms with Crippen LogP contribution in [0.2, 0.25) is 0 Å². The molecule has 2 aliphatic carbocycles. The van der Waals surface area contributed by atoms with E-state index >= 15 is 0 Å². The molecule has 26 heavy (non-hydrogen) atoms. The van der Waals surface area contributed by atoms with Gasteiger partial charge in [-0.3, -0.25) is 0 Å². The Balaban J connectivity index is 1.89. The number of aliphatic hydroxyl groups excluding tert-OH is 2. The van der Waals surface area contributed by atoms with Gasteiger partial charge in [-0.05, 0) is 51.6 Å². The van der Waals surface area contributed by atoms with E-state index in [1.807, 2.05) is 0 Å². The lowest BCUT2D eigenvalue weighted by molar-refractivity contribution is 0.283. The number of rotatable bonds is 13. The third kappa shape index (κ3) is 7.88. The molecule has 2 fully saturated rings. The number of nitrogens with one attached hydrogen (secondary N) is 2. The molecule has 0 aromatic carbocycles. The Morgan fingerprint density at radius 2 is 1.27 bits per heavy atom. The van der Waals surface area contributed by atoms with Crippen LogP contribution in [-0.4, -0.2) is 59.1 Å². The van der Waals surface area contributed by atoms with Crippen molar-refractivity contribution < 1.29 is 10.2 Å². The highest BCUT2D eigenvalue weighted by atomic mass is 33.1. The fourth-order valence-corrected chi connectivity index (χ4v) is 8.37. The predicted octanol–water partition coefficient (Wildman–Crippen LogP) is 3.72. The molecule has 154 valence electrons. The topological polar surface area (TPSA) is 64.5 Å². The van der Waals surface area contributed by atoms with Crippen LogP contribution in [0.4, 0.5) is 0 Å². The van der Waals surface area contributed by atoms with Crippen molar-refractivity contribution in [3.63, 3.8) is 0 Å². The Kier molecular flexibility index (Phi) is 11.3. The van der Waals surface area contributed by atoms with E-state index in [0.717, 1.165) is 26.1 Å². The molecular weight excluding hydrogens is 364 g/mol. The maximum absolute atomic E-state index is 9.02. The Morgan fingerprint density at radius 3 is 1.88 bits per heavy atom. The molecule has 0 radical (unpaired) electrons. The van der Waals surface area contributed by atoms with Crippen molar-refractivity contribution in [2.24, 2.45) is 0 Å². The minimum Gasteiger partial charge on any atom is -0.396 e. The Labute approximate surface area is 168 Å². The molecule has 0 aromatic heterocycles. The van der Waals surface area contributed by atoms with Crippen LogP contribution in [-0.2, 0) is 0 Å². The normalized spacial score (nSPS) is 22.4. The summed E-state index contributed by atoms with van der Waals surface area (Å²) in [6.45, 7) is 4.27. The van der Waals surface area contributed by atoms with Crippen LogP contribution in [0.15, 0.2) is 0 Å². The van der Waals surface area contributed by atoms with E-state index < -0.39 is 0 Å². The third-order valence-corrected chi connectivity index (χ3v) is 10.3. The average Bonchev–Trinajstić information content (AvgIpc) is 2.69. The highest BCUT2D eigenvalue weighted by molar-refractivity contribution is 8.77. The molecule has 0 amide bonds. The van der Waals surface area contributed by atoms with Crippen molar-refractivity contribution in [2.75, 3.05) is 39.4 Å². The summed E-state index contributed by atoms with van der Waals surface area (Å²) in [6, 6.07) is 0. The van der Waals surface area contributed by atoms with Crippen molar-refractivity contribution in [2.45, 2.75) is 86.5 Å². The maximum Gasteiger partial charge on any atom is 0.0555 e. The van der Waals surface area contributed by atoms with Gasteiger partial charge in [0.25, 0.3) is 0 Å². The number of hydrogen-bond donors (Lipinski definition) is 4. The van der Waals surface area contributed by atoms with E-state index in [0.29, 0.717) is 16.0 Å². The summed E-state index contributed by atoms with van der Waals surface area (Å²) in [5.74, 6) is 0. The van der Waals surface area contributed by atoms with Crippen LogP contribution in [0.25, 0.3) is 0 Å². The van der Waals surface area contributed by atoms with Crippen molar-refractivity contribution in [1.29, 1.82) is 0 Å². The van der Waals surface area contributed by atoms with Gasteiger partial charge in [0.2, 0.25) is 0 Å². The molecule has 2 rings (SSSR count). The van der Waals surface area contributed by atoms with E-state index in [-0.39, 0.29) is 13.2 Å². The van der Waals surface area contributed by atoms with Gasteiger partial charge in [-0.1, -0.05) is 60.1 Å². The summed E-state index contributed by atoms with van der Waals surface area (Å²) in [7, 11) is 4.38. The average molecular weight is 405 g/mol. The smallest absolute Gasteiger partial charge is 0.0555 e. The lowest BCUT2D eigenvalue weighted by atomic mass is 9.86. The summed E-state index contributed by atoms with van der Waals surface area (Å²) in [6.07, 6.45) is 15.7. The summed E-state index contributed by atoms with van der Waals surface area (Å²) in [5, 5.41) is 25.0. The lowest BCUT2D eigenvalue weighted by Gasteiger charge is -2.42. The van der Waals surface area contributed by atoms with Gasteiger partial charge in [0.1, 0.15) is 0 Å². The third-order valence-electron chi connectivity index (χ3n) is 5.93. The van der Waals surface area contributed by atoms with Crippen LogP contribution in [0.5, 0.6) is 0 Å². The van der Waals surface area contributed by atoms with Gasteiger partial charge in [0.15, 0.2) is 0 Å². The second-order valence-electron chi connectivity index (χ2n) is 8.13. The predicted molar refractivity (Wildman–Crippen MR) is 116 cm³/mol. The molecule has 0 spiro atoms. The van der Waals surface area contributed by atoms with Crippen molar-refractivity contribution in [3.8, 4) is 0 Å². The molecule has 0 atom stereocenters. The monoisotopic (exact) mass is 404 g/mol. The van der Waals surface area contributed by atoms with E-state index in [1.54, 1.807) is 0 Å². The van der Waals surface area contributed by atoms with Gasteiger partial charge >= 0.3 is 0 Å².